The Morgan fingerprint density at radius 3 is 2.71 bits per heavy atom. The standard InChI is InChI=1S/C22H27IN6OS/c1-21(2,3)31(30)27-18-15-5-4-8-24-17(15)13-22(18)6-10-28(11-7-22)20-26-14-16(23)19-25-9-12-29(19)20/h4-5,8-9,12,14,18,27H,6-7,10-11,13H2,1-3H3/t18-,31-/m1/s1. The summed E-state index contributed by atoms with van der Waals surface area (Å²) in [5.41, 5.74) is 3.32. The van der Waals surface area contributed by atoms with Gasteiger partial charge in [0, 0.05) is 60.3 Å². The van der Waals surface area contributed by atoms with Crippen molar-refractivity contribution < 1.29 is 4.55 Å². The summed E-state index contributed by atoms with van der Waals surface area (Å²) in [4.78, 5) is 16.2. The van der Waals surface area contributed by atoms with Crippen molar-refractivity contribution in [2.24, 2.45) is 5.41 Å². The van der Waals surface area contributed by atoms with Crippen molar-refractivity contribution in [3.8, 4) is 0 Å². The number of piperidine rings is 1. The summed E-state index contributed by atoms with van der Waals surface area (Å²) in [6, 6.07) is 4.19. The number of anilines is 1. The summed E-state index contributed by atoms with van der Waals surface area (Å²) in [6.07, 6.45) is 10.5. The first-order valence-corrected chi connectivity index (χ1v) is 12.9. The molecule has 1 spiro atoms. The molecule has 1 N–H and O–H groups in total. The van der Waals surface area contributed by atoms with Crippen LogP contribution in [0.2, 0.25) is 0 Å². The Hall–Kier alpha value is -1.43. The molecule has 0 unspecified atom stereocenters. The highest BCUT2D eigenvalue weighted by Gasteiger charge is 2.51. The zero-order valence-electron chi connectivity index (χ0n) is 18.0. The van der Waals surface area contributed by atoms with Crippen LogP contribution in [0.15, 0.2) is 36.9 Å². The fourth-order valence-electron chi connectivity index (χ4n) is 4.83. The van der Waals surface area contributed by atoms with E-state index >= 15 is 0 Å². The average molecular weight is 550 g/mol. The summed E-state index contributed by atoms with van der Waals surface area (Å²) in [7, 11) is 0. The molecule has 5 rings (SSSR count). The Morgan fingerprint density at radius 2 is 1.97 bits per heavy atom. The van der Waals surface area contributed by atoms with Gasteiger partial charge in [-0.05, 0) is 74.3 Å². The highest BCUT2D eigenvalue weighted by Crippen LogP contribution is 2.52. The van der Waals surface area contributed by atoms with Crippen molar-refractivity contribution >= 4 is 45.5 Å². The molecule has 0 saturated carbocycles. The third-order valence-electron chi connectivity index (χ3n) is 6.55. The van der Waals surface area contributed by atoms with E-state index < -0.39 is 11.4 Å². The topological polar surface area (TPSA) is 81.4 Å². The zero-order chi connectivity index (χ0) is 21.8. The Balaban J connectivity index is 1.42. The second kappa shape index (κ2) is 7.86. The number of rotatable bonds is 3. The van der Waals surface area contributed by atoms with Gasteiger partial charge in [-0.1, -0.05) is 6.07 Å². The normalized spacial score (nSPS) is 21.6. The molecule has 4 heterocycles. The minimum absolute atomic E-state index is 0.0192. The van der Waals surface area contributed by atoms with Crippen LogP contribution in [-0.4, -0.2) is 41.7 Å². The lowest BCUT2D eigenvalue weighted by Gasteiger charge is -2.44. The van der Waals surface area contributed by atoms with Gasteiger partial charge in [0.15, 0.2) is 5.65 Å². The van der Waals surface area contributed by atoms with E-state index in [9.17, 15) is 4.55 Å². The molecule has 1 aliphatic carbocycles. The lowest BCUT2D eigenvalue weighted by atomic mass is 9.73. The van der Waals surface area contributed by atoms with Gasteiger partial charge in [0.05, 0.1) is 9.61 Å². The average Bonchev–Trinajstić information content (AvgIpc) is 3.33. The van der Waals surface area contributed by atoms with Crippen molar-refractivity contribution in [3.63, 3.8) is 0 Å². The Kier molecular flexibility index (Phi) is 5.43. The first-order chi connectivity index (χ1) is 14.8. The van der Waals surface area contributed by atoms with Crippen molar-refractivity contribution in [1.82, 2.24) is 24.1 Å². The molecule has 1 fully saturated rings. The van der Waals surface area contributed by atoms with Crippen LogP contribution in [0.5, 0.6) is 0 Å². The van der Waals surface area contributed by atoms with Gasteiger partial charge in [0.1, 0.15) is 4.75 Å². The first kappa shape index (κ1) is 21.4. The molecule has 0 amide bonds. The van der Waals surface area contributed by atoms with E-state index in [-0.39, 0.29) is 16.2 Å². The van der Waals surface area contributed by atoms with Crippen molar-refractivity contribution in [3.05, 3.63) is 51.7 Å². The van der Waals surface area contributed by atoms with Gasteiger partial charge in [0.2, 0.25) is 5.95 Å². The van der Waals surface area contributed by atoms with Gasteiger partial charge in [0.25, 0.3) is 0 Å². The lowest BCUT2D eigenvalue weighted by molar-refractivity contribution is 0.175. The Morgan fingerprint density at radius 1 is 1.19 bits per heavy atom. The molecule has 0 bridgehead atoms. The SMILES string of the molecule is CC(C)(C)[S@@+]([O-])N[C@@H]1c2cccnc2CC12CCN(c1ncc(I)c3nccn13)CC2. The molecule has 0 radical (unpaired) electrons. The summed E-state index contributed by atoms with van der Waals surface area (Å²) in [5, 5.41) is 0. The monoisotopic (exact) mass is 550 g/mol. The number of imidazole rings is 1. The van der Waals surface area contributed by atoms with E-state index in [0.29, 0.717) is 0 Å². The molecule has 164 valence electrons. The number of fused-ring (bicyclic) bond motifs is 2. The predicted octanol–water partition coefficient (Wildman–Crippen LogP) is 3.66. The fourth-order valence-corrected chi connectivity index (χ4v) is 6.31. The number of hydrogen-bond acceptors (Lipinski definition) is 6. The van der Waals surface area contributed by atoms with Gasteiger partial charge in [-0.2, -0.15) is 0 Å². The molecule has 9 heteroatoms. The molecule has 31 heavy (non-hydrogen) atoms. The van der Waals surface area contributed by atoms with Crippen LogP contribution in [0.3, 0.4) is 0 Å². The smallest absolute Gasteiger partial charge is 0.211 e. The van der Waals surface area contributed by atoms with E-state index in [1.165, 1.54) is 5.56 Å². The van der Waals surface area contributed by atoms with Crippen LogP contribution in [0.1, 0.15) is 50.9 Å². The highest BCUT2D eigenvalue weighted by molar-refractivity contribution is 14.1. The van der Waals surface area contributed by atoms with Crippen molar-refractivity contribution in [2.75, 3.05) is 18.0 Å². The van der Waals surface area contributed by atoms with Gasteiger partial charge in [-0.25, -0.2) is 9.97 Å². The number of hydrogen-bond donors (Lipinski definition) is 1. The molecule has 3 aromatic heterocycles. The molecule has 3 aromatic rings. The molecule has 1 aliphatic heterocycles. The third-order valence-corrected chi connectivity index (χ3v) is 8.88. The van der Waals surface area contributed by atoms with Gasteiger partial charge >= 0.3 is 0 Å². The summed E-state index contributed by atoms with van der Waals surface area (Å²) in [6.45, 7) is 7.85. The van der Waals surface area contributed by atoms with Crippen molar-refractivity contribution in [1.29, 1.82) is 0 Å². The highest BCUT2D eigenvalue weighted by atomic mass is 127. The van der Waals surface area contributed by atoms with E-state index in [4.69, 9.17) is 4.98 Å². The van der Waals surface area contributed by atoms with Gasteiger partial charge in [-0.15, -0.1) is 4.72 Å². The second-order valence-electron chi connectivity index (χ2n) is 9.52. The summed E-state index contributed by atoms with van der Waals surface area (Å²) >= 11 is 1.14. The molecular formula is C22H27IN6OS. The largest absolute Gasteiger partial charge is 0.598 e. The maximum absolute atomic E-state index is 13.0. The minimum Gasteiger partial charge on any atom is -0.598 e. The predicted molar refractivity (Wildman–Crippen MR) is 131 cm³/mol. The number of nitrogens with one attached hydrogen (secondary N) is 1. The maximum Gasteiger partial charge on any atom is 0.211 e. The molecule has 1 saturated heterocycles. The number of pyridine rings is 1. The number of nitrogens with zero attached hydrogens (tertiary/aromatic N) is 5. The Bertz CT molecular complexity index is 1100. The van der Waals surface area contributed by atoms with Crippen LogP contribution in [0, 0.1) is 8.99 Å². The first-order valence-electron chi connectivity index (χ1n) is 10.6. The summed E-state index contributed by atoms with van der Waals surface area (Å²) < 4.78 is 19.4. The number of aromatic nitrogens is 4. The molecule has 2 aliphatic rings. The van der Waals surface area contributed by atoms with E-state index in [1.807, 2.05) is 51.6 Å². The van der Waals surface area contributed by atoms with Crippen LogP contribution < -0.4 is 9.62 Å². The third kappa shape index (κ3) is 3.73. The van der Waals surface area contributed by atoms with Crippen LogP contribution in [0.4, 0.5) is 5.95 Å². The molecule has 0 aromatic carbocycles. The van der Waals surface area contributed by atoms with Crippen LogP contribution >= 0.6 is 22.6 Å². The minimum atomic E-state index is -1.14. The molecule has 2 atom stereocenters. The quantitative estimate of drug-likeness (QED) is 0.396. The zero-order valence-corrected chi connectivity index (χ0v) is 21.0. The van der Waals surface area contributed by atoms with Crippen molar-refractivity contribution in [2.45, 2.75) is 50.8 Å². The van der Waals surface area contributed by atoms with Gasteiger partial charge in [-0.3, -0.25) is 9.38 Å². The lowest BCUT2D eigenvalue weighted by Crippen LogP contribution is -2.50. The number of halogens is 1. The van der Waals surface area contributed by atoms with E-state index in [0.717, 1.165) is 53.2 Å². The summed E-state index contributed by atoms with van der Waals surface area (Å²) in [5.74, 6) is 0.944. The van der Waals surface area contributed by atoms with E-state index in [1.54, 1.807) is 0 Å². The Labute approximate surface area is 199 Å². The second-order valence-corrected chi connectivity index (χ2v) is 12.7. The van der Waals surface area contributed by atoms with Crippen LogP contribution in [-0.2, 0) is 17.8 Å². The van der Waals surface area contributed by atoms with E-state index in [2.05, 4.69) is 52.6 Å². The molecular weight excluding hydrogens is 523 g/mol. The maximum atomic E-state index is 13.0. The van der Waals surface area contributed by atoms with Crippen LogP contribution in [0.25, 0.3) is 5.65 Å². The van der Waals surface area contributed by atoms with Gasteiger partial charge < -0.3 is 9.45 Å². The fraction of sp³-hybridized carbons (Fsp3) is 0.500. The molecule has 7 nitrogen and oxygen atoms in total.